The number of amides is 1. The molecule has 172 valence electrons. The minimum Gasteiger partial charge on any atom is -0.507 e. The Balaban J connectivity index is 1.53. The SMILES string of the molecule is COc1ccc(-n2c(SCC(=O)N/N=C(\C)c3ccccc3O)nnc2-c2ccccc2)cc1. The summed E-state index contributed by atoms with van der Waals surface area (Å²) < 4.78 is 7.18. The number of carbonyl (C=O) groups is 1. The second kappa shape index (κ2) is 10.7. The average molecular weight is 474 g/mol. The summed E-state index contributed by atoms with van der Waals surface area (Å²) in [5, 5.41) is 23.3. The number of methoxy groups -OCH3 is 1. The van der Waals surface area contributed by atoms with Gasteiger partial charge in [0.1, 0.15) is 11.5 Å². The Labute approximate surface area is 201 Å². The van der Waals surface area contributed by atoms with Crippen LogP contribution in [0.2, 0.25) is 0 Å². The summed E-state index contributed by atoms with van der Waals surface area (Å²) in [6.07, 6.45) is 0. The van der Waals surface area contributed by atoms with Gasteiger partial charge in [0.15, 0.2) is 11.0 Å². The molecule has 0 saturated heterocycles. The van der Waals surface area contributed by atoms with Crippen LogP contribution in [0.3, 0.4) is 0 Å². The zero-order valence-corrected chi connectivity index (χ0v) is 19.5. The molecule has 9 heteroatoms. The van der Waals surface area contributed by atoms with Crippen molar-refractivity contribution in [2.45, 2.75) is 12.1 Å². The molecular formula is C25H23N5O3S. The van der Waals surface area contributed by atoms with Crippen LogP contribution in [-0.2, 0) is 4.79 Å². The summed E-state index contributed by atoms with van der Waals surface area (Å²) in [6, 6.07) is 24.1. The number of thioether (sulfide) groups is 1. The largest absolute Gasteiger partial charge is 0.507 e. The number of phenols is 1. The number of aromatic hydroxyl groups is 1. The van der Waals surface area contributed by atoms with Gasteiger partial charge in [0, 0.05) is 16.8 Å². The van der Waals surface area contributed by atoms with E-state index in [1.807, 2.05) is 59.2 Å². The smallest absolute Gasteiger partial charge is 0.250 e. The molecule has 4 rings (SSSR count). The van der Waals surface area contributed by atoms with Gasteiger partial charge in [0.2, 0.25) is 0 Å². The van der Waals surface area contributed by atoms with Crippen LogP contribution in [0.25, 0.3) is 17.1 Å². The van der Waals surface area contributed by atoms with Crippen LogP contribution in [0.5, 0.6) is 11.5 Å². The second-order valence-electron chi connectivity index (χ2n) is 7.24. The third-order valence-electron chi connectivity index (χ3n) is 4.97. The van der Waals surface area contributed by atoms with E-state index in [0.29, 0.717) is 22.3 Å². The van der Waals surface area contributed by atoms with Crippen LogP contribution >= 0.6 is 11.8 Å². The molecule has 0 aliphatic heterocycles. The molecule has 1 heterocycles. The van der Waals surface area contributed by atoms with E-state index in [-0.39, 0.29) is 17.4 Å². The van der Waals surface area contributed by atoms with E-state index in [1.54, 1.807) is 38.3 Å². The van der Waals surface area contributed by atoms with Crippen molar-refractivity contribution in [3.63, 3.8) is 0 Å². The van der Waals surface area contributed by atoms with Crippen LogP contribution in [0.4, 0.5) is 0 Å². The van der Waals surface area contributed by atoms with Gasteiger partial charge in [0.25, 0.3) is 5.91 Å². The predicted molar refractivity (Wildman–Crippen MR) is 133 cm³/mol. The number of hydrogen-bond donors (Lipinski definition) is 2. The van der Waals surface area contributed by atoms with Crippen molar-refractivity contribution in [1.29, 1.82) is 0 Å². The van der Waals surface area contributed by atoms with E-state index in [4.69, 9.17) is 4.74 Å². The zero-order valence-electron chi connectivity index (χ0n) is 18.7. The molecule has 8 nitrogen and oxygen atoms in total. The van der Waals surface area contributed by atoms with Crippen molar-refractivity contribution in [1.82, 2.24) is 20.2 Å². The minimum absolute atomic E-state index is 0.0840. The molecular weight excluding hydrogens is 450 g/mol. The molecule has 0 aliphatic carbocycles. The molecule has 1 aromatic heterocycles. The van der Waals surface area contributed by atoms with E-state index >= 15 is 0 Å². The molecule has 34 heavy (non-hydrogen) atoms. The topological polar surface area (TPSA) is 102 Å². The van der Waals surface area contributed by atoms with Gasteiger partial charge in [-0.3, -0.25) is 9.36 Å². The first-order valence-electron chi connectivity index (χ1n) is 10.5. The highest BCUT2D eigenvalue weighted by Crippen LogP contribution is 2.28. The van der Waals surface area contributed by atoms with Gasteiger partial charge in [-0.25, -0.2) is 5.43 Å². The fraction of sp³-hybridized carbons (Fsp3) is 0.120. The van der Waals surface area contributed by atoms with E-state index in [9.17, 15) is 9.90 Å². The highest BCUT2D eigenvalue weighted by molar-refractivity contribution is 7.99. The normalized spacial score (nSPS) is 11.3. The molecule has 2 N–H and O–H groups in total. The molecule has 0 fully saturated rings. The Hall–Kier alpha value is -4.11. The molecule has 4 aromatic rings. The lowest BCUT2D eigenvalue weighted by Crippen LogP contribution is -2.21. The number of nitrogens with one attached hydrogen (secondary N) is 1. The Morgan fingerprint density at radius 1 is 1.03 bits per heavy atom. The van der Waals surface area contributed by atoms with Gasteiger partial charge in [-0.1, -0.05) is 54.2 Å². The van der Waals surface area contributed by atoms with Crippen molar-refractivity contribution < 1.29 is 14.6 Å². The number of phenolic OH excluding ortho intramolecular Hbond substituents is 1. The van der Waals surface area contributed by atoms with Gasteiger partial charge in [0.05, 0.1) is 18.6 Å². The van der Waals surface area contributed by atoms with Gasteiger partial charge in [-0.05, 0) is 43.3 Å². The summed E-state index contributed by atoms with van der Waals surface area (Å²) in [7, 11) is 1.62. The lowest BCUT2D eigenvalue weighted by Gasteiger charge is -2.11. The maximum Gasteiger partial charge on any atom is 0.250 e. The standard InChI is InChI=1S/C25H23N5O3S/c1-17(21-10-6-7-11-22(21)31)26-27-23(32)16-34-25-29-28-24(18-8-4-3-5-9-18)30(25)19-12-14-20(33-2)15-13-19/h3-15,31H,16H2,1-2H3,(H,27,32)/b26-17+. The molecule has 3 aromatic carbocycles. The molecule has 0 radical (unpaired) electrons. The van der Waals surface area contributed by atoms with E-state index in [2.05, 4.69) is 20.7 Å². The number of para-hydroxylation sites is 1. The fourth-order valence-electron chi connectivity index (χ4n) is 3.25. The molecule has 0 unspecified atom stereocenters. The lowest BCUT2D eigenvalue weighted by molar-refractivity contribution is -0.118. The van der Waals surface area contributed by atoms with Crippen molar-refractivity contribution >= 4 is 23.4 Å². The van der Waals surface area contributed by atoms with E-state index in [0.717, 1.165) is 17.0 Å². The molecule has 0 spiro atoms. The molecule has 1 amide bonds. The third-order valence-corrected chi connectivity index (χ3v) is 5.90. The molecule has 0 saturated carbocycles. The number of ether oxygens (including phenoxy) is 1. The summed E-state index contributed by atoms with van der Waals surface area (Å²) in [5.41, 5.74) is 5.35. The Bertz CT molecular complexity index is 1300. The quantitative estimate of drug-likeness (QED) is 0.225. The Morgan fingerprint density at radius 3 is 2.44 bits per heavy atom. The molecule has 0 atom stereocenters. The third kappa shape index (κ3) is 5.26. The van der Waals surface area contributed by atoms with E-state index < -0.39 is 0 Å². The number of rotatable bonds is 8. The van der Waals surface area contributed by atoms with Crippen molar-refractivity contribution in [3.05, 3.63) is 84.4 Å². The van der Waals surface area contributed by atoms with Crippen LogP contribution in [-0.4, -0.2) is 44.4 Å². The van der Waals surface area contributed by atoms with Gasteiger partial charge < -0.3 is 9.84 Å². The Morgan fingerprint density at radius 2 is 1.74 bits per heavy atom. The number of aromatic nitrogens is 3. The minimum atomic E-state index is -0.301. The van der Waals surface area contributed by atoms with Crippen LogP contribution < -0.4 is 10.2 Å². The van der Waals surface area contributed by atoms with E-state index in [1.165, 1.54) is 11.8 Å². The number of benzene rings is 3. The number of hydrazone groups is 1. The maximum absolute atomic E-state index is 12.5. The van der Waals surface area contributed by atoms with Crippen molar-refractivity contribution in [3.8, 4) is 28.6 Å². The number of nitrogens with zero attached hydrogens (tertiary/aromatic N) is 4. The van der Waals surface area contributed by atoms with Crippen LogP contribution in [0.15, 0.2) is 89.1 Å². The monoisotopic (exact) mass is 473 g/mol. The predicted octanol–water partition coefficient (Wildman–Crippen LogP) is 4.28. The summed E-state index contributed by atoms with van der Waals surface area (Å²) in [6.45, 7) is 1.72. The summed E-state index contributed by atoms with van der Waals surface area (Å²) in [4.78, 5) is 12.5. The first-order valence-corrected chi connectivity index (χ1v) is 11.4. The van der Waals surface area contributed by atoms with Gasteiger partial charge >= 0.3 is 0 Å². The Kier molecular flexibility index (Phi) is 7.24. The summed E-state index contributed by atoms with van der Waals surface area (Å²) in [5.74, 6) is 1.30. The molecule has 0 bridgehead atoms. The van der Waals surface area contributed by atoms with Crippen LogP contribution in [0, 0.1) is 0 Å². The average Bonchev–Trinajstić information content (AvgIpc) is 3.31. The van der Waals surface area contributed by atoms with Gasteiger partial charge in [-0.15, -0.1) is 10.2 Å². The van der Waals surface area contributed by atoms with Crippen molar-refractivity contribution in [2.75, 3.05) is 12.9 Å². The maximum atomic E-state index is 12.5. The number of hydrogen-bond acceptors (Lipinski definition) is 7. The zero-order chi connectivity index (χ0) is 23.9. The van der Waals surface area contributed by atoms with Gasteiger partial charge in [-0.2, -0.15) is 5.10 Å². The highest BCUT2D eigenvalue weighted by Gasteiger charge is 2.17. The number of carbonyl (C=O) groups excluding carboxylic acids is 1. The first kappa shape index (κ1) is 23.1. The molecule has 0 aliphatic rings. The van der Waals surface area contributed by atoms with Crippen molar-refractivity contribution in [2.24, 2.45) is 5.10 Å². The highest BCUT2D eigenvalue weighted by atomic mass is 32.2. The first-order chi connectivity index (χ1) is 16.6. The summed E-state index contributed by atoms with van der Waals surface area (Å²) >= 11 is 1.25. The second-order valence-corrected chi connectivity index (χ2v) is 8.19. The van der Waals surface area contributed by atoms with Crippen LogP contribution in [0.1, 0.15) is 12.5 Å². The fourth-order valence-corrected chi connectivity index (χ4v) is 3.99. The lowest BCUT2D eigenvalue weighted by atomic mass is 10.1.